The Morgan fingerprint density at radius 2 is 2.14 bits per heavy atom. The molecule has 1 aliphatic heterocycles. The lowest BCUT2D eigenvalue weighted by Gasteiger charge is -2.26. The molecule has 0 unspecified atom stereocenters. The fourth-order valence-electron chi connectivity index (χ4n) is 2.68. The summed E-state index contributed by atoms with van der Waals surface area (Å²) in [6, 6.07) is 3.91. The van der Waals surface area contributed by atoms with Crippen molar-refractivity contribution in [2.45, 2.75) is 26.4 Å². The van der Waals surface area contributed by atoms with E-state index in [2.05, 4.69) is 4.98 Å². The van der Waals surface area contributed by atoms with Crippen molar-refractivity contribution in [3.63, 3.8) is 0 Å². The van der Waals surface area contributed by atoms with Crippen molar-refractivity contribution in [2.24, 2.45) is 0 Å². The molecule has 2 rings (SSSR count). The molecule has 0 radical (unpaired) electrons. The zero-order valence-corrected chi connectivity index (χ0v) is 14.0. The number of aromatic nitrogens is 1. The van der Waals surface area contributed by atoms with Gasteiger partial charge in [-0.25, -0.2) is 9.78 Å². The standard InChI is InChI=1S/C16H26N4O2/c1-5-19(6-2)16(21)20-11-9-13(12-20)22-14-8-7-10-17-15(14)18(3)4/h7-8,10,13H,5-6,9,11-12H2,1-4H3/t13-/m1/s1. The summed E-state index contributed by atoms with van der Waals surface area (Å²) >= 11 is 0. The van der Waals surface area contributed by atoms with Crippen LogP contribution >= 0.6 is 0 Å². The van der Waals surface area contributed by atoms with Gasteiger partial charge < -0.3 is 19.4 Å². The summed E-state index contributed by atoms with van der Waals surface area (Å²) in [5.74, 6) is 1.59. The first kappa shape index (κ1) is 16.4. The second kappa shape index (κ2) is 7.33. The second-order valence-corrected chi connectivity index (χ2v) is 5.65. The molecule has 0 bridgehead atoms. The zero-order valence-electron chi connectivity index (χ0n) is 14.0. The van der Waals surface area contributed by atoms with E-state index in [4.69, 9.17) is 4.74 Å². The number of anilines is 1. The number of rotatable bonds is 5. The highest BCUT2D eigenvalue weighted by atomic mass is 16.5. The largest absolute Gasteiger partial charge is 0.485 e. The molecule has 6 nitrogen and oxygen atoms in total. The Labute approximate surface area is 132 Å². The minimum absolute atomic E-state index is 0.0300. The highest BCUT2D eigenvalue weighted by Crippen LogP contribution is 2.26. The van der Waals surface area contributed by atoms with Gasteiger partial charge >= 0.3 is 6.03 Å². The summed E-state index contributed by atoms with van der Waals surface area (Å²) in [6.07, 6.45) is 2.64. The first-order valence-corrected chi connectivity index (χ1v) is 7.89. The van der Waals surface area contributed by atoms with Gasteiger partial charge in [-0.3, -0.25) is 0 Å². The lowest BCUT2D eigenvalue weighted by atomic mass is 10.3. The molecule has 1 aromatic heterocycles. The molecule has 0 N–H and O–H groups in total. The van der Waals surface area contributed by atoms with Crippen LogP contribution in [0.5, 0.6) is 5.75 Å². The minimum atomic E-state index is 0.0300. The summed E-state index contributed by atoms with van der Waals surface area (Å²) in [7, 11) is 3.89. The quantitative estimate of drug-likeness (QED) is 0.835. The van der Waals surface area contributed by atoms with Crippen molar-refractivity contribution >= 4 is 11.8 Å². The predicted octanol–water partition coefficient (Wildman–Crippen LogP) is 2.06. The molecule has 0 aliphatic carbocycles. The molecule has 6 heteroatoms. The molecule has 1 fully saturated rings. The van der Waals surface area contributed by atoms with Crippen LogP contribution in [0.15, 0.2) is 18.3 Å². The van der Waals surface area contributed by atoms with E-state index >= 15 is 0 Å². The van der Waals surface area contributed by atoms with Crippen LogP contribution in [0.3, 0.4) is 0 Å². The number of hydrogen-bond acceptors (Lipinski definition) is 4. The third kappa shape index (κ3) is 3.61. The van der Waals surface area contributed by atoms with Gasteiger partial charge in [-0.15, -0.1) is 0 Å². The first-order valence-electron chi connectivity index (χ1n) is 7.89. The number of nitrogens with zero attached hydrogens (tertiary/aromatic N) is 4. The van der Waals surface area contributed by atoms with Crippen LogP contribution in [0.25, 0.3) is 0 Å². The van der Waals surface area contributed by atoms with Gasteiger partial charge in [0.2, 0.25) is 0 Å². The highest BCUT2D eigenvalue weighted by molar-refractivity contribution is 5.74. The summed E-state index contributed by atoms with van der Waals surface area (Å²) in [5.41, 5.74) is 0. The van der Waals surface area contributed by atoms with Gasteiger partial charge in [-0.2, -0.15) is 0 Å². The molecule has 1 saturated heterocycles. The number of amides is 2. The Kier molecular flexibility index (Phi) is 5.46. The van der Waals surface area contributed by atoms with Gasteiger partial charge in [0.1, 0.15) is 6.10 Å². The second-order valence-electron chi connectivity index (χ2n) is 5.65. The number of ether oxygens (including phenoxy) is 1. The average Bonchev–Trinajstić information content (AvgIpc) is 2.97. The lowest BCUT2D eigenvalue weighted by Crippen LogP contribution is -2.42. The number of likely N-dealkylation sites (tertiary alicyclic amines) is 1. The van der Waals surface area contributed by atoms with E-state index in [9.17, 15) is 4.79 Å². The van der Waals surface area contributed by atoms with Gasteiger partial charge in [-0.05, 0) is 26.0 Å². The summed E-state index contributed by atoms with van der Waals surface area (Å²) in [6.45, 7) is 6.87. The van der Waals surface area contributed by atoms with Crippen molar-refractivity contribution in [1.82, 2.24) is 14.8 Å². The molecule has 1 aliphatic rings. The van der Waals surface area contributed by atoms with E-state index in [1.54, 1.807) is 6.20 Å². The number of pyridine rings is 1. The van der Waals surface area contributed by atoms with Crippen LogP contribution in [0.1, 0.15) is 20.3 Å². The van der Waals surface area contributed by atoms with Crippen molar-refractivity contribution < 1.29 is 9.53 Å². The highest BCUT2D eigenvalue weighted by Gasteiger charge is 2.30. The SMILES string of the molecule is CCN(CC)C(=O)N1CC[C@@H](Oc2cccnc2N(C)C)C1. The van der Waals surface area contributed by atoms with E-state index in [1.807, 2.05) is 54.8 Å². The van der Waals surface area contributed by atoms with Crippen LogP contribution in [0.4, 0.5) is 10.6 Å². The molecule has 122 valence electrons. The average molecular weight is 306 g/mol. The molecular weight excluding hydrogens is 280 g/mol. The minimum Gasteiger partial charge on any atom is -0.485 e. The smallest absolute Gasteiger partial charge is 0.320 e. The van der Waals surface area contributed by atoms with Crippen LogP contribution < -0.4 is 9.64 Å². The van der Waals surface area contributed by atoms with Crippen molar-refractivity contribution in [1.29, 1.82) is 0 Å². The number of urea groups is 1. The maximum absolute atomic E-state index is 12.4. The van der Waals surface area contributed by atoms with E-state index in [1.165, 1.54) is 0 Å². The molecular formula is C16H26N4O2. The van der Waals surface area contributed by atoms with Crippen LogP contribution in [0.2, 0.25) is 0 Å². The first-order chi connectivity index (χ1) is 10.6. The zero-order chi connectivity index (χ0) is 16.1. The Morgan fingerprint density at radius 1 is 1.41 bits per heavy atom. The van der Waals surface area contributed by atoms with Crippen molar-refractivity contribution in [3.05, 3.63) is 18.3 Å². The monoisotopic (exact) mass is 306 g/mol. The maximum atomic E-state index is 12.4. The fraction of sp³-hybridized carbons (Fsp3) is 0.625. The molecule has 0 aromatic carbocycles. The van der Waals surface area contributed by atoms with E-state index in [-0.39, 0.29) is 12.1 Å². The van der Waals surface area contributed by atoms with Gasteiger partial charge in [-0.1, -0.05) is 0 Å². The molecule has 2 heterocycles. The van der Waals surface area contributed by atoms with Crippen molar-refractivity contribution in [3.8, 4) is 5.75 Å². The molecule has 2 amide bonds. The molecule has 0 spiro atoms. The van der Waals surface area contributed by atoms with Crippen LogP contribution in [-0.4, -0.2) is 67.2 Å². The van der Waals surface area contributed by atoms with E-state index in [0.717, 1.165) is 37.6 Å². The Morgan fingerprint density at radius 3 is 2.77 bits per heavy atom. The van der Waals surface area contributed by atoms with Crippen LogP contribution in [-0.2, 0) is 0 Å². The molecule has 0 saturated carbocycles. The van der Waals surface area contributed by atoms with E-state index < -0.39 is 0 Å². The lowest BCUT2D eigenvalue weighted by molar-refractivity contribution is 0.156. The Hall–Kier alpha value is -1.98. The topological polar surface area (TPSA) is 48.9 Å². The summed E-state index contributed by atoms with van der Waals surface area (Å²) in [4.78, 5) is 22.4. The fourth-order valence-corrected chi connectivity index (χ4v) is 2.68. The van der Waals surface area contributed by atoms with Gasteiger partial charge in [0, 0.05) is 46.3 Å². The number of hydrogen-bond donors (Lipinski definition) is 0. The van der Waals surface area contributed by atoms with Gasteiger partial charge in [0.05, 0.1) is 6.54 Å². The third-order valence-corrected chi connectivity index (χ3v) is 3.92. The molecule has 1 aromatic rings. The number of carbonyl (C=O) groups excluding carboxylic acids is 1. The molecule has 22 heavy (non-hydrogen) atoms. The Balaban J connectivity index is 1.98. The summed E-state index contributed by atoms with van der Waals surface area (Å²) < 4.78 is 6.08. The summed E-state index contributed by atoms with van der Waals surface area (Å²) in [5, 5.41) is 0. The Bertz CT molecular complexity index is 503. The van der Waals surface area contributed by atoms with Crippen LogP contribution in [0, 0.1) is 0 Å². The third-order valence-electron chi connectivity index (χ3n) is 3.92. The number of carbonyl (C=O) groups is 1. The van der Waals surface area contributed by atoms with E-state index in [0.29, 0.717) is 6.54 Å². The van der Waals surface area contributed by atoms with Gasteiger partial charge in [0.25, 0.3) is 0 Å². The predicted molar refractivity (Wildman–Crippen MR) is 87.5 cm³/mol. The van der Waals surface area contributed by atoms with Crippen molar-refractivity contribution in [2.75, 3.05) is 45.2 Å². The van der Waals surface area contributed by atoms with Gasteiger partial charge in [0.15, 0.2) is 11.6 Å². The normalized spacial score (nSPS) is 17.5. The molecule has 1 atom stereocenters. The maximum Gasteiger partial charge on any atom is 0.320 e.